The van der Waals surface area contributed by atoms with Crippen LogP contribution >= 0.6 is 34.5 Å². The Morgan fingerprint density at radius 3 is 2.47 bits per heavy atom. The molecule has 0 fully saturated rings. The topological polar surface area (TPSA) is 90.2 Å². The van der Waals surface area contributed by atoms with Crippen molar-refractivity contribution in [3.63, 3.8) is 0 Å². The molecule has 1 amide bonds. The first-order chi connectivity index (χ1) is 20.7. The van der Waals surface area contributed by atoms with Gasteiger partial charge in [0.15, 0.2) is 4.80 Å². The van der Waals surface area contributed by atoms with Gasteiger partial charge < -0.3 is 14.4 Å². The minimum absolute atomic E-state index is 0.137. The molecule has 0 bridgehead atoms. The summed E-state index contributed by atoms with van der Waals surface area (Å²) in [4.78, 5) is 48.5. The van der Waals surface area contributed by atoms with Crippen molar-refractivity contribution in [2.45, 2.75) is 26.4 Å². The number of para-hydroxylation sites is 1. The number of aromatic nitrogens is 1. The van der Waals surface area contributed by atoms with Gasteiger partial charge in [0.05, 0.1) is 42.8 Å². The van der Waals surface area contributed by atoms with Crippen LogP contribution in [0.4, 0.5) is 5.69 Å². The molecule has 0 radical (unpaired) electrons. The predicted octanol–water partition coefficient (Wildman–Crippen LogP) is 5.03. The van der Waals surface area contributed by atoms with Gasteiger partial charge in [-0.2, -0.15) is 0 Å². The SMILES string of the molecule is CCOC(=O)C1=C(C)N=c2s/c(=C3\C(=O)N(Cc4ccc(Cl)cc4)c4ccccc43)c(=O)n2[C@@H]1c1cc(Cl)ccc1OC. The van der Waals surface area contributed by atoms with Crippen LogP contribution in [0.1, 0.15) is 36.6 Å². The number of fused-ring (bicyclic) bond motifs is 2. The maximum Gasteiger partial charge on any atom is 0.338 e. The van der Waals surface area contributed by atoms with Crippen molar-refractivity contribution < 1.29 is 19.1 Å². The van der Waals surface area contributed by atoms with E-state index >= 15 is 0 Å². The van der Waals surface area contributed by atoms with E-state index in [0.717, 1.165) is 16.9 Å². The Hall–Kier alpha value is -4.18. The van der Waals surface area contributed by atoms with Crippen molar-refractivity contribution in [3.8, 4) is 5.75 Å². The van der Waals surface area contributed by atoms with Crippen LogP contribution in [0.2, 0.25) is 10.0 Å². The zero-order valence-electron chi connectivity index (χ0n) is 23.4. The van der Waals surface area contributed by atoms with Crippen LogP contribution in [0.15, 0.2) is 87.8 Å². The highest BCUT2D eigenvalue weighted by Gasteiger charge is 2.38. The quantitative estimate of drug-likeness (QED) is 0.278. The summed E-state index contributed by atoms with van der Waals surface area (Å²) in [5.41, 5.74) is 3.12. The number of thiazole rings is 1. The molecule has 2 aliphatic heterocycles. The fourth-order valence-electron chi connectivity index (χ4n) is 5.48. The van der Waals surface area contributed by atoms with Crippen LogP contribution in [0.3, 0.4) is 0 Å². The summed E-state index contributed by atoms with van der Waals surface area (Å²) in [5, 5.41) is 0.999. The van der Waals surface area contributed by atoms with Crippen LogP contribution in [0, 0.1) is 0 Å². The molecule has 0 saturated heterocycles. The first-order valence-electron chi connectivity index (χ1n) is 13.4. The Morgan fingerprint density at radius 1 is 1.02 bits per heavy atom. The number of hydrogen-bond acceptors (Lipinski definition) is 7. The van der Waals surface area contributed by atoms with E-state index in [9.17, 15) is 14.4 Å². The zero-order valence-corrected chi connectivity index (χ0v) is 25.7. The average Bonchev–Trinajstić information content (AvgIpc) is 3.45. The van der Waals surface area contributed by atoms with Crippen molar-refractivity contribution in [2.75, 3.05) is 18.6 Å². The van der Waals surface area contributed by atoms with Crippen molar-refractivity contribution in [2.24, 2.45) is 4.99 Å². The molecule has 0 saturated carbocycles. The minimum atomic E-state index is -0.949. The molecular weight excluding hydrogens is 609 g/mol. The van der Waals surface area contributed by atoms with E-state index in [1.807, 2.05) is 36.4 Å². The van der Waals surface area contributed by atoms with Gasteiger partial charge in [-0.1, -0.05) is 64.9 Å². The molecule has 0 N–H and O–H groups in total. The van der Waals surface area contributed by atoms with Crippen molar-refractivity contribution >= 4 is 57.7 Å². The molecule has 2 aliphatic rings. The molecule has 6 rings (SSSR count). The first kappa shape index (κ1) is 28.9. The van der Waals surface area contributed by atoms with Crippen molar-refractivity contribution in [3.05, 3.63) is 124 Å². The van der Waals surface area contributed by atoms with Crippen molar-refractivity contribution in [1.82, 2.24) is 4.57 Å². The van der Waals surface area contributed by atoms with E-state index in [1.165, 1.54) is 11.7 Å². The maximum atomic E-state index is 14.4. The Labute approximate surface area is 260 Å². The van der Waals surface area contributed by atoms with Gasteiger partial charge >= 0.3 is 5.97 Å². The molecule has 4 aromatic rings. The molecule has 3 aromatic carbocycles. The van der Waals surface area contributed by atoms with E-state index < -0.39 is 17.6 Å². The number of nitrogens with zero attached hydrogens (tertiary/aromatic N) is 3. The highest BCUT2D eigenvalue weighted by molar-refractivity contribution is 7.07. The highest BCUT2D eigenvalue weighted by Crippen LogP contribution is 2.39. The summed E-state index contributed by atoms with van der Waals surface area (Å²) in [6.07, 6.45) is 0. The van der Waals surface area contributed by atoms with E-state index in [1.54, 1.807) is 49.1 Å². The van der Waals surface area contributed by atoms with E-state index in [-0.39, 0.29) is 28.2 Å². The van der Waals surface area contributed by atoms with Gasteiger partial charge in [0.25, 0.3) is 11.5 Å². The predicted molar refractivity (Wildman–Crippen MR) is 166 cm³/mol. The second-order valence-corrected chi connectivity index (χ2v) is 11.8. The number of anilines is 1. The Morgan fingerprint density at radius 2 is 1.74 bits per heavy atom. The molecule has 0 spiro atoms. The van der Waals surface area contributed by atoms with E-state index in [0.29, 0.717) is 49.7 Å². The minimum Gasteiger partial charge on any atom is -0.496 e. The number of rotatable bonds is 6. The normalized spacial score (nSPS) is 17.0. The van der Waals surface area contributed by atoms with Crippen LogP contribution in [-0.2, 0) is 20.9 Å². The number of hydrogen-bond donors (Lipinski definition) is 0. The Bertz CT molecular complexity index is 2010. The zero-order chi connectivity index (χ0) is 30.4. The summed E-state index contributed by atoms with van der Waals surface area (Å²) >= 11 is 13.6. The van der Waals surface area contributed by atoms with Crippen LogP contribution in [-0.4, -0.2) is 30.2 Å². The second kappa shape index (κ2) is 11.5. The Balaban J connectivity index is 1.60. The van der Waals surface area contributed by atoms with Gasteiger partial charge in [0, 0.05) is 21.2 Å². The summed E-state index contributed by atoms with van der Waals surface area (Å²) in [5.74, 6) is -0.481. The number of carbonyl (C=O) groups is 2. The standard InChI is InChI=1S/C32H25Cl2N3O5S/c1-4-42-31(40)25-17(2)35-32-37(27(25)22-15-20(34)13-14-24(22)41-3)30(39)28(43-32)26-21-7-5-6-8-23(21)36(29(26)38)16-18-9-11-19(33)12-10-18/h5-15,27H,4,16H2,1-3H3/b28-26-/t27-/m1/s1. The molecule has 3 heterocycles. The lowest BCUT2D eigenvalue weighted by Gasteiger charge is -2.26. The van der Waals surface area contributed by atoms with E-state index in [4.69, 9.17) is 32.7 Å². The number of methoxy groups -OCH3 is 1. The first-order valence-corrected chi connectivity index (χ1v) is 15.0. The van der Waals surface area contributed by atoms with Crippen molar-refractivity contribution in [1.29, 1.82) is 0 Å². The number of allylic oxidation sites excluding steroid dienone is 1. The number of halogens is 2. The monoisotopic (exact) mass is 633 g/mol. The van der Waals surface area contributed by atoms with Crippen LogP contribution in [0.25, 0.3) is 5.57 Å². The molecule has 0 unspecified atom stereocenters. The molecule has 0 aliphatic carbocycles. The lowest BCUT2D eigenvalue weighted by molar-refractivity contribution is -0.139. The summed E-state index contributed by atoms with van der Waals surface area (Å²) in [6.45, 7) is 3.83. The van der Waals surface area contributed by atoms with E-state index in [2.05, 4.69) is 4.99 Å². The molecule has 1 atom stereocenters. The maximum absolute atomic E-state index is 14.4. The number of esters is 1. The Kier molecular flexibility index (Phi) is 7.72. The third kappa shape index (κ3) is 4.97. The fourth-order valence-corrected chi connectivity index (χ4v) is 6.93. The lowest BCUT2D eigenvalue weighted by atomic mass is 9.95. The molecule has 43 heavy (non-hydrogen) atoms. The second-order valence-electron chi connectivity index (χ2n) is 9.92. The van der Waals surface area contributed by atoms with Gasteiger partial charge in [-0.3, -0.25) is 14.2 Å². The number of carbonyl (C=O) groups excluding carboxylic acids is 2. The number of benzene rings is 3. The smallest absolute Gasteiger partial charge is 0.338 e. The third-order valence-corrected chi connectivity index (χ3v) is 8.92. The third-order valence-electron chi connectivity index (χ3n) is 7.38. The summed E-state index contributed by atoms with van der Waals surface area (Å²) < 4.78 is 12.7. The number of amides is 1. The van der Waals surface area contributed by atoms with Gasteiger partial charge in [-0.25, -0.2) is 9.79 Å². The summed E-state index contributed by atoms with van der Waals surface area (Å²) in [6, 6.07) is 18.7. The lowest BCUT2D eigenvalue weighted by Crippen LogP contribution is -2.41. The molecular formula is C32H25Cl2N3O5S. The molecule has 1 aromatic heterocycles. The van der Waals surface area contributed by atoms with Crippen LogP contribution < -0.4 is 24.5 Å². The molecule has 11 heteroatoms. The number of ether oxygens (including phenoxy) is 2. The fraction of sp³-hybridized carbons (Fsp3) is 0.188. The van der Waals surface area contributed by atoms with Gasteiger partial charge in [-0.05, 0) is 55.8 Å². The largest absolute Gasteiger partial charge is 0.496 e. The summed E-state index contributed by atoms with van der Waals surface area (Å²) in [7, 11) is 1.50. The highest BCUT2D eigenvalue weighted by atomic mass is 35.5. The average molecular weight is 635 g/mol. The van der Waals surface area contributed by atoms with Gasteiger partial charge in [0.1, 0.15) is 16.3 Å². The molecule has 8 nitrogen and oxygen atoms in total. The van der Waals surface area contributed by atoms with Crippen LogP contribution in [0.5, 0.6) is 5.75 Å². The van der Waals surface area contributed by atoms with Gasteiger partial charge in [0.2, 0.25) is 0 Å². The van der Waals surface area contributed by atoms with Gasteiger partial charge in [-0.15, -0.1) is 0 Å². The molecule has 218 valence electrons.